The molecule has 4 rings (SSSR count). The van der Waals surface area contributed by atoms with Gasteiger partial charge in [-0.2, -0.15) is 0 Å². The molecule has 0 N–H and O–H groups in total. The highest BCUT2D eigenvalue weighted by atomic mass is 19.1. The molecule has 0 aliphatic heterocycles. The molecule has 34 heavy (non-hydrogen) atoms. The van der Waals surface area contributed by atoms with Crippen molar-refractivity contribution in [2.24, 2.45) is 0 Å². The zero-order chi connectivity index (χ0) is 24.1. The first kappa shape index (κ1) is 23.0. The number of hydrogen-bond donors (Lipinski definition) is 0. The van der Waals surface area contributed by atoms with Crippen LogP contribution in [0.25, 0.3) is 17.0 Å². The molecule has 0 unspecified atom stereocenters. The third-order valence-corrected chi connectivity index (χ3v) is 5.39. The van der Waals surface area contributed by atoms with Crippen LogP contribution in [0.5, 0.6) is 5.75 Å². The molecule has 2 aromatic heterocycles. The Kier molecular flexibility index (Phi) is 6.92. The van der Waals surface area contributed by atoms with Gasteiger partial charge in [-0.3, -0.25) is 4.79 Å². The highest BCUT2D eigenvalue weighted by Gasteiger charge is 2.18. The fourth-order valence-electron chi connectivity index (χ4n) is 3.67. The van der Waals surface area contributed by atoms with Crippen LogP contribution in [0.15, 0.2) is 77.4 Å². The van der Waals surface area contributed by atoms with Crippen LogP contribution in [0, 0.1) is 5.82 Å². The number of nitrogens with zero attached hydrogens (tertiary/aromatic N) is 3. The highest BCUT2D eigenvalue weighted by molar-refractivity contribution is 5.92. The summed E-state index contributed by atoms with van der Waals surface area (Å²) in [6.45, 7) is 0.605. The third kappa shape index (κ3) is 5.43. The molecule has 0 saturated heterocycles. The maximum absolute atomic E-state index is 13.7. The van der Waals surface area contributed by atoms with Gasteiger partial charge in [0.25, 0.3) is 0 Å². The minimum atomic E-state index is -0.337. The molecule has 0 fully saturated rings. The van der Waals surface area contributed by atoms with Gasteiger partial charge in [0.05, 0.1) is 32.0 Å². The summed E-state index contributed by atoms with van der Waals surface area (Å²) >= 11 is 0. The van der Waals surface area contributed by atoms with E-state index in [0.717, 1.165) is 22.3 Å². The summed E-state index contributed by atoms with van der Waals surface area (Å²) in [4.78, 5) is 21.5. The van der Waals surface area contributed by atoms with Gasteiger partial charge in [0.2, 0.25) is 5.91 Å². The molecule has 0 saturated carbocycles. The maximum atomic E-state index is 13.7. The Hall–Kier alpha value is -4.13. The number of ether oxygens (including phenoxy) is 1. The summed E-state index contributed by atoms with van der Waals surface area (Å²) in [5.74, 6) is 1.59. The third-order valence-electron chi connectivity index (χ3n) is 5.39. The van der Waals surface area contributed by atoms with Crippen molar-refractivity contribution in [3.05, 3.63) is 95.7 Å². The number of carbonyl (C=O) groups excluding carboxylic acids is 1. The second-order valence-electron chi connectivity index (χ2n) is 8.08. The first-order valence-corrected chi connectivity index (χ1v) is 10.8. The number of rotatable bonds is 8. The van der Waals surface area contributed by atoms with Crippen LogP contribution in [0.2, 0.25) is 0 Å². The van der Waals surface area contributed by atoms with Crippen LogP contribution >= 0.6 is 0 Å². The van der Waals surface area contributed by atoms with Gasteiger partial charge in [-0.15, -0.1) is 0 Å². The summed E-state index contributed by atoms with van der Waals surface area (Å²) in [5.41, 5.74) is 2.30. The van der Waals surface area contributed by atoms with Gasteiger partial charge in [0.1, 0.15) is 23.1 Å². The number of halogens is 1. The number of furan rings is 1. The Morgan fingerprint density at radius 3 is 2.56 bits per heavy atom. The lowest BCUT2D eigenvalue weighted by atomic mass is 10.1. The van der Waals surface area contributed by atoms with E-state index in [2.05, 4.69) is 4.98 Å². The van der Waals surface area contributed by atoms with E-state index >= 15 is 0 Å². The van der Waals surface area contributed by atoms with Gasteiger partial charge < -0.3 is 19.0 Å². The summed E-state index contributed by atoms with van der Waals surface area (Å²) in [6.07, 6.45) is 4.90. The number of fused-ring (bicyclic) bond motifs is 1. The molecule has 2 heterocycles. The molecule has 0 radical (unpaired) electrons. The average molecular weight is 460 g/mol. The number of anilines is 1. The van der Waals surface area contributed by atoms with E-state index in [1.807, 2.05) is 55.4 Å². The molecule has 2 aromatic carbocycles. The smallest absolute Gasteiger partial charge is 0.247 e. The molecule has 6 nitrogen and oxygen atoms in total. The van der Waals surface area contributed by atoms with Gasteiger partial charge in [0, 0.05) is 37.2 Å². The van der Waals surface area contributed by atoms with Crippen molar-refractivity contribution in [1.29, 1.82) is 0 Å². The van der Waals surface area contributed by atoms with Crippen LogP contribution in [0.3, 0.4) is 0 Å². The number of pyridine rings is 1. The fraction of sp³-hybridized carbons (Fsp3) is 0.185. The Morgan fingerprint density at radius 1 is 1.09 bits per heavy atom. The van der Waals surface area contributed by atoms with E-state index in [1.165, 1.54) is 12.1 Å². The Balaban J connectivity index is 1.65. The molecule has 0 spiro atoms. The van der Waals surface area contributed by atoms with Crippen molar-refractivity contribution < 1.29 is 18.3 Å². The SMILES string of the molecule is COc1ccc(/C=C/C(=O)N(Cc2ccco2)Cc2cc3ccc(F)cc3nc2N(C)C)cc1. The lowest BCUT2D eigenvalue weighted by Gasteiger charge is -2.24. The van der Waals surface area contributed by atoms with Gasteiger partial charge in [-0.05, 0) is 54.1 Å². The molecular formula is C27H26FN3O3. The minimum Gasteiger partial charge on any atom is -0.497 e. The monoisotopic (exact) mass is 459 g/mol. The summed E-state index contributed by atoms with van der Waals surface area (Å²) in [7, 11) is 5.36. The molecular weight excluding hydrogens is 433 g/mol. The number of aromatic nitrogens is 1. The highest BCUT2D eigenvalue weighted by Crippen LogP contribution is 2.25. The normalized spacial score (nSPS) is 11.2. The molecule has 0 aliphatic carbocycles. The number of carbonyl (C=O) groups is 1. The van der Waals surface area contributed by atoms with Gasteiger partial charge in [-0.1, -0.05) is 12.1 Å². The molecule has 0 bridgehead atoms. The largest absolute Gasteiger partial charge is 0.497 e. The van der Waals surface area contributed by atoms with Crippen LogP contribution in [0.1, 0.15) is 16.9 Å². The lowest BCUT2D eigenvalue weighted by Crippen LogP contribution is -2.29. The van der Waals surface area contributed by atoms with Crippen LogP contribution in [-0.2, 0) is 17.9 Å². The van der Waals surface area contributed by atoms with Gasteiger partial charge in [-0.25, -0.2) is 9.37 Å². The van der Waals surface area contributed by atoms with Crippen molar-refractivity contribution in [3.63, 3.8) is 0 Å². The van der Waals surface area contributed by atoms with E-state index in [0.29, 0.717) is 30.2 Å². The van der Waals surface area contributed by atoms with Crippen LogP contribution in [0.4, 0.5) is 10.2 Å². The van der Waals surface area contributed by atoms with Crippen molar-refractivity contribution in [1.82, 2.24) is 9.88 Å². The summed E-state index contributed by atoms with van der Waals surface area (Å²) < 4.78 is 24.4. The van der Waals surface area contributed by atoms with E-state index in [9.17, 15) is 9.18 Å². The predicted octanol–water partition coefficient (Wildman–Crippen LogP) is 5.28. The zero-order valence-electron chi connectivity index (χ0n) is 19.4. The minimum absolute atomic E-state index is 0.170. The second kappa shape index (κ2) is 10.2. The first-order chi connectivity index (χ1) is 16.4. The van der Waals surface area contributed by atoms with Gasteiger partial charge in [0.15, 0.2) is 0 Å². The van der Waals surface area contributed by atoms with E-state index in [4.69, 9.17) is 9.15 Å². The standard InChI is InChI=1S/C27H26FN3O3/c1-30(2)27-21(15-20-9-10-22(28)16-25(20)29-27)17-31(18-24-5-4-14-34-24)26(32)13-8-19-6-11-23(33-3)12-7-19/h4-16H,17-18H2,1-3H3/b13-8+. The fourth-order valence-corrected chi connectivity index (χ4v) is 3.67. The Labute approximate surface area is 197 Å². The molecule has 0 aliphatic rings. The Bertz CT molecular complexity index is 1300. The first-order valence-electron chi connectivity index (χ1n) is 10.8. The predicted molar refractivity (Wildman–Crippen MR) is 131 cm³/mol. The van der Waals surface area contributed by atoms with E-state index < -0.39 is 0 Å². The Morgan fingerprint density at radius 2 is 1.88 bits per heavy atom. The van der Waals surface area contributed by atoms with Gasteiger partial charge >= 0.3 is 0 Å². The molecule has 174 valence electrons. The van der Waals surface area contributed by atoms with Crippen molar-refractivity contribution in [2.45, 2.75) is 13.1 Å². The topological polar surface area (TPSA) is 58.8 Å². The zero-order valence-corrected chi connectivity index (χ0v) is 19.4. The molecule has 4 aromatic rings. The van der Waals surface area contributed by atoms with Crippen molar-refractivity contribution >= 4 is 28.7 Å². The quantitative estimate of drug-likeness (QED) is 0.336. The molecule has 7 heteroatoms. The maximum Gasteiger partial charge on any atom is 0.247 e. The molecule has 0 atom stereocenters. The van der Waals surface area contributed by atoms with Crippen molar-refractivity contribution in [2.75, 3.05) is 26.1 Å². The van der Waals surface area contributed by atoms with E-state index in [1.54, 1.807) is 42.6 Å². The average Bonchev–Trinajstić information content (AvgIpc) is 3.35. The summed E-state index contributed by atoms with van der Waals surface area (Å²) in [5, 5.41) is 0.807. The van der Waals surface area contributed by atoms with Crippen LogP contribution < -0.4 is 9.64 Å². The number of hydrogen-bond acceptors (Lipinski definition) is 5. The summed E-state index contributed by atoms with van der Waals surface area (Å²) in [6, 6.07) is 17.6. The second-order valence-corrected chi connectivity index (χ2v) is 8.08. The number of benzene rings is 2. The van der Waals surface area contributed by atoms with E-state index in [-0.39, 0.29) is 11.7 Å². The van der Waals surface area contributed by atoms with Crippen molar-refractivity contribution in [3.8, 4) is 5.75 Å². The lowest BCUT2D eigenvalue weighted by molar-refractivity contribution is -0.127. The number of methoxy groups -OCH3 is 1. The number of amides is 1. The molecule has 1 amide bonds. The van der Waals surface area contributed by atoms with Crippen LogP contribution in [-0.4, -0.2) is 37.0 Å².